The molecule has 0 aromatic heterocycles. The van der Waals surface area contributed by atoms with E-state index in [-0.39, 0.29) is 18.4 Å². The van der Waals surface area contributed by atoms with Gasteiger partial charge in [0.2, 0.25) is 11.8 Å². The van der Waals surface area contributed by atoms with Crippen molar-refractivity contribution in [2.24, 2.45) is 0 Å². The second-order valence-electron chi connectivity index (χ2n) is 5.80. The first-order valence-corrected chi connectivity index (χ1v) is 7.81. The molecule has 0 heterocycles. The standard InChI is InChI=1S/C20H22N2O2/c1-15-9-10-16(2)18(13-15)21-19(23)14-22(3)20(24)12-11-17-7-5-4-6-8-17/h4-13H,14H2,1-3H3,(H,21,23)/b12-11+. The summed E-state index contributed by atoms with van der Waals surface area (Å²) in [5.74, 6) is -0.428. The molecule has 0 unspecified atom stereocenters. The molecule has 2 aromatic carbocycles. The fourth-order valence-electron chi connectivity index (χ4n) is 2.21. The Balaban J connectivity index is 1.92. The molecule has 2 rings (SSSR count). The van der Waals surface area contributed by atoms with Crippen LogP contribution in [0.25, 0.3) is 6.08 Å². The van der Waals surface area contributed by atoms with Crippen LogP contribution in [0.2, 0.25) is 0 Å². The van der Waals surface area contributed by atoms with Crippen LogP contribution in [-0.2, 0) is 9.59 Å². The Morgan fingerprint density at radius 1 is 1.08 bits per heavy atom. The number of benzene rings is 2. The predicted molar refractivity (Wildman–Crippen MR) is 97.7 cm³/mol. The lowest BCUT2D eigenvalue weighted by atomic mass is 10.1. The first kappa shape index (κ1) is 17.5. The van der Waals surface area contributed by atoms with Gasteiger partial charge in [-0.05, 0) is 42.7 Å². The van der Waals surface area contributed by atoms with E-state index in [1.165, 1.54) is 11.0 Å². The van der Waals surface area contributed by atoms with E-state index in [9.17, 15) is 9.59 Å². The summed E-state index contributed by atoms with van der Waals surface area (Å²) in [5.41, 5.74) is 3.79. The molecule has 0 aliphatic carbocycles. The van der Waals surface area contributed by atoms with Crippen LogP contribution in [0.5, 0.6) is 0 Å². The fraction of sp³-hybridized carbons (Fsp3) is 0.200. The SMILES string of the molecule is Cc1ccc(C)c(NC(=O)CN(C)C(=O)/C=C/c2ccccc2)c1. The number of nitrogens with zero attached hydrogens (tertiary/aromatic N) is 1. The third kappa shape index (κ3) is 5.09. The van der Waals surface area contributed by atoms with E-state index >= 15 is 0 Å². The molecule has 24 heavy (non-hydrogen) atoms. The van der Waals surface area contributed by atoms with Crippen LogP contribution in [0.4, 0.5) is 5.69 Å². The van der Waals surface area contributed by atoms with Gasteiger partial charge in [0.15, 0.2) is 0 Å². The summed E-state index contributed by atoms with van der Waals surface area (Å²) in [5, 5.41) is 2.85. The molecule has 0 spiro atoms. The number of aryl methyl sites for hydroxylation is 2. The molecule has 0 fully saturated rings. The highest BCUT2D eigenvalue weighted by atomic mass is 16.2. The molecule has 0 aliphatic rings. The number of likely N-dealkylation sites (N-methyl/N-ethyl adjacent to an activating group) is 1. The zero-order valence-corrected chi connectivity index (χ0v) is 14.2. The number of hydrogen-bond donors (Lipinski definition) is 1. The molecule has 0 saturated heterocycles. The van der Waals surface area contributed by atoms with Crippen molar-refractivity contribution in [3.05, 3.63) is 71.3 Å². The minimum Gasteiger partial charge on any atom is -0.333 e. The van der Waals surface area contributed by atoms with Crippen LogP contribution in [0.15, 0.2) is 54.6 Å². The molecular weight excluding hydrogens is 300 g/mol. The third-order valence-corrected chi connectivity index (χ3v) is 3.64. The van der Waals surface area contributed by atoms with E-state index in [1.807, 2.05) is 62.4 Å². The van der Waals surface area contributed by atoms with Crippen LogP contribution in [0.1, 0.15) is 16.7 Å². The molecular formula is C20H22N2O2. The molecule has 1 N–H and O–H groups in total. The highest BCUT2D eigenvalue weighted by molar-refractivity contribution is 5.98. The lowest BCUT2D eigenvalue weighted by Gasteiger charge is -2.16. The van der Waals surface area contributed by atoms with Gasteiger partial charge in [-0.1, -0.05) is 42.5 Å². The minimum absolute atomic E-state index is 0.00530. The van der Waals surface area contributed by atoms with Crippen molar-refractivity contribution >= 4 is 23.6 Å². The molecule has 0 aliphatic heterocycles. The Morgan fingerprint density at radius 3 is 2.50 bits per heavy atom. The lowest BCUT2D eigenvalue weighted by molar-refractivity contribution is -0.129. The van der Waals surface area contributed by atoms with Gasteiger partial charge in [0.1, 0.15) is 0 Å². The van der Waals surface area contributed by atoms with Gasteiger partial charge in [0.25, 0.3) is 0 Å². The van der Waals surface area contributed by atoms with Crippen LogP contribution in [0, 0.1) is 13.8 Å². The molecule has 0 saturated carbocycles. The number of carbonyl (C=O) groups is 2. The van der Waals surface area contributed by atoms with Crippen LogP contribution >= 0.6 is 0 Å². The van der Waals surface area contributed by atoms with E-state index in [4.69, 9.17) is 0 Å². The van der Waals surface area contributed by atoms with Gasteiger partial charge in [-0.2, -0.15) is 0 Å². The summed E-state index contributed by atoms with van der Waals surface area (Å²) < 4.78 is 0. The number of anilines is 1. The molecule has 2 aromatic rings. The smallest absolute Gasteiger partial charge is 0.246 e. The molecule has 2 amide bonds. The molecule has 124 valence electrons. The molecule has 0 radical (unpaired) electrons. The van der Waals surface area contributed by atoms with Crippen molar-refractivity contribution < 1.29 is 9.59 Å². The lowest BCUT2D eigenvalue weighted by Crippen LogP contribution is -2.34. The van der Waals surface area contributed by atoms with Gasteiger partial charge in [0.05, 0.1) is 6.54 Å². The van der Waals surface area contributed by atoms with Crippen molar-refractivity contribution in [1.29, 1.82) is 0 Å². The maximum Gasteiger partial charge on any atom is 0.246 e. The monoisotopic (exact) mass is 322 g/mol. The molecule has 4 heteroatoms. The maximum absolute atomic E-state index is 12.1. The average Bonchev–Trinajstić information content (AvgIpc) is 2.56. The second-order valence-corrected chi connectivity index (χ2v) is 5.80. The minimum atomic E-state index is -0.215. The fourth-order valence-corrected chi connectivity index (χ4v) is 2.21. The van der Waals surface area contributed by atoms with Crippen molar-refractivity contribution in [3.63, 3.8) is 0 Å². The summed E-state index contributed by atoms with van der Waals surface area (Å²) in [6.45, 7) is 3.91. The second kappa shape index (κ2) is 8.11. The Labute approximate surface area is 142 Å². The highest BCUT2D eigenvalue weighted by Crippen LogP contribution is 2.16. The number of amides is 2. The summed E-state index contributed by atoms with van der Waals surface area (Å²) in [7, 11) is 1.61. The third-order valence-electron chi connectivity index (χ3n) is 3.64. The Morgan fingerprint density at radius 2 is 1.79 bits per heavy atom. The van der Waals surface area contributed by atoms with E-state index < -0.39 is 0 Å². The summed E-state index contributed by atoms with van der Waals surface area (Å²) in [4.78, 5) is 25.6. The van der Waals surface area contributed by atoms with Crippen LogP contribution in [-0.4, -0.2) is 30.3 Å². The van der Waals surface area contributed by atoms with Gasteiger partial charge in [-0.3, -0.25) is 9.59 Å². The van der Waals surface area contributed by atoms with Gasteiger partial charge in [-0.25, -0.2) is 0 Å². The van der Waals surface area contributed by atoms with Crippen LogP contribution < -0.4 is 5.32 Å². The zero-order valence-electron chi connectivity index (χ0n) is 14.2. The Hall–Kier alpha value is -2.88. The quantitative estimate of drug-likeness (QED) is 0.858. The average molecular weight is 322 g/mol. The highest BCUT2D eigenvalue weighted by Gasteiger charge is 2.11. The van der Waals surface area contributed by atoms with Crippen molar-refractivity contribution in [2.45, 2.75) is 13.8 Å². The predicted octanol–water partition coefficient (Wildman–Crippen LogP) is 3.41. The summed E-state index contributed by atoms with van der Waals surface area (Å²) in [6, 6.07) is 15.4. The van der Waals surface area contributed by atoms with Gasteiger partial charge in [0, 0.05) is 18.8 Å². The first-order chi connectivity index (χ1) is 11.5. The largest absolute Gasteiger partial charge is 0.333 e. The van der Waals surface area contributed by atoms with E-state index in [2.05, 4.69) is 5.32 Å². The molecule has 0 atom stereocenters. The Kier molecular flexibility index (Phi) is 5.90. The zero-order chi connectivity index (χ0) is 17.5. The maximum atomic E-state index is 12.1. The number of rotatable bonds is 5. The van der Waals surface area contributed by atoms with Gasteiger partial charge >= 0.3 is 0 Å². The number of hydrogen-bond acceptors (Lipinski definition) is 2. The molecule has 4 nitrogen and oxygen atoms in total. The molecule has 0 bridgehead atoms. The van der Waals surface area contributed by atoms with Crippen molar-refractivity contribution in [3.8, 4) is 0 Å². The van der Waals surface area contributed by atoms with Gasteiger partial charge in [-0.15, -0.1) is 0 Å². The first-order valence-electron chi connectivity index (χ1n) is 7.81. The summed E-state index contributed by atoms with van der Waals surface area (Å²) >= 11 is 0. The van der Waals surface area contributed by atoms with E-state index in [1.54, 1.807) is 13.1 Å². The van der Waals surface area contributed by atoms with Crippen molar-refractivity contribution in [1.82, 2.24) is 4.90 Å². The topological polar surface area (TPSA) is 49.4 Å². The number of nitrogens with one attached hydrogen (secondary N) is 1. The normalized spacial score (nSPS) is 10.6. The van der Waals surface area contributed by atoms with E-state index in [0.717, 1.165) is 22.4 Å². The van der Waals surface area contributed by atoms with Crippen LogP contribution in [0.3, 0.4) is 0 Å². The Bertz CT molecular complexity index is 751. The summed E-state index contributed by atoms with van der Waals surface area (Å²) in [6.07, 6.45) is 3.21. The van der Waals surface area contributed by atoms with Gasteiger partial charge < -0.3 is 10.2 Å². The van der Waals surface area contributed by atoms with E-state index in [0.29, 0.717) is 0 Å². The number of carbonyl (C=O) groups excluding carboxylic acids is 2. The van der Waals surface area contributed by atoms with Crippen molar-refractivity contribution in [2.75, 3.05) is 18.9 Å².